The van der Waals surface area contributed by atoms with Crippen molar-refractivity contribution < 1.29 is 9.90 Å². The Kier molecular flexibility index (Phi) is 6.06. The smallest absolute Gasteiger partial charge is 0.257 e. The number of piperidine rings is 1. The number of carbonyl (C=O) groups excluding carboxylic acids is 1. The number of nitrogens with zero attached hydrogens (tertiary/aromatic N) is 6. The van der Waals surface area contributed by atoms with Crippen LogP contribution in [0.3, 0.4) is 0 Å². The molecule has 2 fully saturated rings. The summed E-state index contributed by atoms with van der Waals surface area (Å²) in [5.41, 5.74) is 3.51. The molecule has 2 atom stereocenters. The molecule has 0 radical (unpaired) electrons. The summed E-state index contributed by atoms with van der Waals surface area (Å²) < 4.78 is 3.86. The van der Waals surface area contributed by atoms with Crippen LogP contribution in [-0.4, -0.2) is 78.9 Å². The van der Waals surface area contributed by atoms with E-state index in [2.05, 4.69) is 42.4 Å². The monoisotopic (exact) mass is 488 g/mol. The molecule has 1 aliphatic heterocycles. The van der Waals surface area contributed by atoms with Crippen molar-refractivity contribution in [2.75, 3.05) is 32.0 Å². The van der Waals surface area contributed by atoms with Gasteiger partial charge in [0.05, 0.1) is 24.0 Å². The number of likely N-dealkylation sites (tertiary alicyclic amines) is 1. The normalized spacial score (nSPS) is 20.5. The Morgan fingerprint density at radius 1 is 1.17 bits per heavy atom. The minimum absolute atomic E-state index is 0.219. The molecule has 4 aromatic rings. The average Bonchev–Trinajstić information content (AvgIpc) is 3.51. The van der Waals surface area contributed by atoms with Crippen LogP contribution in [0.4, 0.5) is 5.82 Å². The van der Waals surface area contributed by atoms with E-state index < -0.39 is 6.10 Å². The first-order chi connectivity index (χ1) is 17.6. The largest absolute Gasteiger partial charge is 0.391 e. The van der Waals surface area contributed by atoms with Crippen LogP contribution in [-0.2, 0) is 6.54 Å². The van der Waals surface area contributed by atoms with Gasteiger partial charge in [0.1, 0.15) is 17.0 Å². The molecule has 0 aromatic carbocycles. The first kappa shape index (κ1) is 22.9. The molecular weight excluding hydrogens is 456 g/mol. The highest BCUT2D eigenvalue weighted by atomic mass is 16.3. The Morgan fingerprint density at radius 3 is 2.78 bits per heavy atom. The quantitative estimate of drug-likeness (QED) is 0.366. The fourth-order valence-electron chi connectivity index (χ4n) is 5.27. The molecule has 1 saturated heterocycles. The second kappa shape index (κ2) is 9.51. The zero-order valence-electron chi connectivity index (χ0n) is 20.5. The van der Waals surface area contributed by atoms with Gasteiger partial charge in [-0.1, -0.05) is 6.42 Å². The summed E-state index contributed by atoms with van der Waals surface area (Å²) in [6, 6.07) is 5.75. The first-order valence-electron chi connectivity index (χ1n) is 12.8. The van der Waals surface area contributed by atoms with E-state index >= 15 is 0 Å². The van der Waals surface area contributed by atoms with Gasteiger partial charge in [-0.2, -0.15) is 9.61 Å². The lowest BCUT2D eigenvalue weighted by molar-refractivity contribution is 0.0448. The number of nitrogens with one attached hydrogen (secondary N) is 2. The van der Waals surface area contributed by atoms with Gasteiger partial charge in [-0.05, 0) is 50.9 Å². The standard InChI is InChI=1S/C26H32N8O2/c1-27-23-14-21(30-25-18(15-29-34(23)25)26(36)31-20-7-8-22(20)35)19-16-33(24-17(19)6-5-9-28-24)13-12-32-10-3-2-4-11-32/h5-6,9,14-16,20,22,27,35H,2-4,7-8,10-13H2,1H3,(H,31,36)/t20-,22+/m1/s1. The molecule has 1 aliphatic carbocycles. The zero-order chi connectivity index (χ0) is 24.6. The summed E-state index contributed by atoms with van der Waals surface area (Å²) in [6.45, 7) is 4.17. The van der Waals surface area contributed by atoms with Crippen molar-refractivity contribution in [2.45, 2.75) is 50.8 Å². The topological polar surface area (TPSA) is 113 Å². The van der Waals surface area contributed by atoms with Gasteiger partial charge < -0.3 is 25.2 Å². The lowest BCUT2D eigenvalue weighted by atomic mass is 9.89. The van der Waals surface area contributed by atoms with Crippen molar-refractivity contribution in [1.82, 2.24) is 34.4 Å². The molecule has 10 heteroatoms. The highest BCUT2D eigenvalue weighted by molar-refractivity contribution is 6.01. The maximum absolute atomic E-state index is 13.0. The fraction of sp³-hybridized carbons (Fsp3) is 0.462. The minimum atomic E-state index is -0.490. The number of anilines is 1. The molecule has 1 amide bonds. The van der Waals surface area contributed by atoms with E-state index in [1.54, 1.807) is 4.52 Å². The van der Waals surface area contributed by atoms with Gasteiger partial charge in [-0.3, -0.25) is 4.79 Å². The van der Waals surface area contributed by atoms with Gasteiger partial charge in [0.15, 0.2) is 5.65 Å². The van der Waals surface area contributed by atoms with Crippen LogP contribution in [0.2, 0.25) is 0 Å². The number of amides is 1. The van der Waals surface area contributed by atoms with Crippen LogP contribution in [0.5, 0.6) is 0 Å². The Labute approximate surface area is 209 Å². The van der Waals surface area contributed by atoms with Gasteiger partial charge in [-0.15, -0.1) is 0 Å². The second-order valence-corrected chi connectivity index (χ2v) is 9.81. The fourth-order valence-corrected chi connectivity index (χ4v) is 5.27. The molecule has 188 valence electrons. The van der Waals surface area contributed by atoms with E-state index in [0.717, 1.165) is 60.7 Å². The SMILES string of the molecule is CNc1cc(-c2cn(CCN3CCCCC3)c3ncccc23)nc2c(C(=O)N[C@@H]3CC[C@@H]3O)cnn12. The van der Waals surface area contributed by atoms with Crippen molar-refractivity contribution >= 4 is 28.4 Å². The summed E-state index contributed by atoms with van der Waals surface area (Å²) in [7, 11) is 1.83. The molecule has 10 nitrogen and oxygen atoms in total. The zero-order valence-corrected chi connectivity index (χ0v) is 20.5. The number of aromatic nitrogens is 5. The van der Waals surface area contributed by atoms with E-state index in [9.17, 15) is 9.90 Å². The second-order valence-electron chi connectivity index (χ2n) is 9.81. The number of carbonyl (C=O) groups is 1. The van der Waals surface area contributed by atoms with Crippen molar-refractivity contribution in [3.8, 4) is 11.3 Å². The number of rotatable bonds is 7. The number of hydrogen-bond donors (Lipinski definition) is 3. The number of fused-ring (bicyclic) bond motifs is 2. The van der Waals surface area contributed by atoms with Crippen molar-refractivity contribution in [3.63, 3.8) is 0 Å². The third kappa shape index (κ3) is 4.10. The maximum atomic E-state index is 13.0. The number of hydrogen-bond acceptors (Lipinski definition) is 7. The minimum Gasteiger partial charge on any atom is -0.391 e. The first-order valence-corrected chi connectivity index (χ1v) is 12.8. The summed E-state index contributed by atoms with van der Waals surface area (Å²) in [4.78, 5) is 25.1. The predicted octanol–water partition coefficient (Wildman–Crippen LogP) is 2.53. The Bertz CT molecular complexity index is 1400. The Balaban J connectivity index is 1.37. The average molecular weight is 489 g/mol. The van der Waals surface area contributed by atoms with E-state index in [0.29, 0.717) is 17.6 Å². The van der Waals surface area contributed by atoms with Gasteiger partial charge in [-0.25, -0.2) is 9.97 Å². The highest BCUT2D eigenvalue weighted by Crippen LogP contribution is 2.31. The number of aliphatic hydroxyl groups excluding tert-OH is 1. The molecule has 4 aromatic heterocycles. The number of pyridine rings is 1. The third-order valence-corrected chi connectivity index (χ3v) is 7.54. The lowest BCUT2D eigenvalue weighted by Gasteiger charge is -2.32. The van der Waals surface area contributed by atoms with Gasteiger partial charge >= 0.3 is 0 Å². The summed E-state index contributed by atoms with van der Waals surface area (Å²) >= 11 is 0. The van der Waals surface area contributed by atoms with E-state index in [1.165, 1.54) is 25.5 Å². The Hall–Kier alpha value is -3.50. The van der Waals surface area contributed by atoms with Crippen LogP contribution in [0.1, 0.15) is 42.5 Å². The van der Waals surface area contributed by atoms with Crippen molar-refractivity contribution in [1.29, 1.82) is 0 Å². The van der Waals surface area contributed by atoms with Gasteiger partial charge in [0.2, 0.25) is 0 Å². The molecule has 0 unspecified atom stereocenters. The molecule has 0 bridgehead atoms. The summed E-state index contributed by atoms with van der Waals surface area (Å²) in [6.07, 6.45) is 10.4. The van der Waals surface area contributed by atoms with Crippen LogP contribution in [0.15, 0.2) is 36.8 Å². The number of aliphatic hydroxyl groups is 1. The van der Waals surface area contributed by atoms with E-state index in [1.807, 2.05) is 25.4 Å². The summed E-state index contributed by atoms with van der Waals surface area (Å²) in [5, 5.41) is 21.4. The third-order valence-electron chi connectivity index (χ3n) is 7.54. The van der Waals surface area contributed by atoms with E-state index in [4.69, 9.17) is 4.98 Å². The van der Waals surface area contributed by atoms with Crippen LogP contribution in [0.25, 0.3) is 27.9 Å². The molecule has 1 saturated carbocycles. The lowest BCUT2D eigenvalue weighted by Crippen LogP contribution is -2.50. The molecule has 6 rings (SSSR count). The predicted molar refractivity (Wildman–Crippen MR) is 138 cm³/mol. The van der Waals surface area contributed by atoms with E-state index in [-0.39, 0.29) is 11.9 Å². The van der Waals surface area contributed by atoms with Crippen LogP contribution < -0.4 is 10.6 Å². The van der Waals surface area contributed by atoms with Gasteiger partial charge in [0.25, 0.3) is 5.91 Å². The van der Waals surface area contributed by atoms with Crippen molar-refractivity contribution in [3.05, 3.63) is 42.4 Å². The molecule has 5 heterocycles. The molecular formula is C26H32N8O2. The molecule has 36 heavy (non-hydrogen) atoms. The highest BCUT2D eigenvalue weighted by Gasteiger charge is 2.31. The summed E-state index contributed by atoms with van der Waals surface area (Å²) in [5.74, 6) is 0.460. The maximum Gasteiger partial charge on any atom is 0.257 e. The molecule has 2 aliphatic rings. The van der Waals surface area contributed by atoms with Crippen molar-refractivity contribution in [2.24, 2.45) is 0 Å². The Morgan fingerprint density at radius 2 is 2.03 bits per heavy atom. The van der Waals surface area contributed by atoms with Gasteiger partial charge in [0, 0.05) is 49.5 Å². The van der Waals surface area contributed by atoms with Crippen LogP contribution in [0, 0.1) is 0 Å². The van der Waals surface area contributed by atoms with Crippen LogP contribution >= 0.6 is 0 Å². The molecule has 3 N–H and O–H groups in total. The molecule has 0 spiro atoms.